The molecular weight excluding hydrogens is 408 g/mol. The Bertz CT molecular complexity index is 739. The zero-order chi connectivity index (χ0) is 24.2. The van der Waals surface area contributed by atoms with Crippen molar-refractivity contribution in [2.45, 2.75) is 78.4 Å². The van der Waals surface area contributed by atoms with Crippen LogP contribution in [0.3, 0.4) is 0 Å². The average Bonchev–Trinajstić information content (AvgIpc) is 3.42. The fraction of sp³-hybridized carbons (Fsp3) is 0.750. The Kier molecular flexibility index (Phi) is 8.62. The van der Waals surface area contributed by atoms with Gasteiger partial charge in [-0.2, -0.15) is 0 Å². The molecule has 8 nitrogen and oxygen atoms in total. The molecule has 2 rings (SSSR count). The van der Waals surface area contributed by atoms with Crippen LogP contribution in [0.5, 0.6) is 0 Å². The van der Waals surface area contributed by atoms with Crippen LogP contribution in [-0.2, 0) is 19.2 Å². The highest BCUT2D eigenvalue weighted by molar-refractivity contribution is 6.38. The molecular formula is C24H40N4O4. The molecule has 2 aliphatic rings. The number of hydrogen-bond donors (Lipinski definition) is 3. The third-order valence-corrected chi connectivity index (χ3v) is 6.58. The van der Waals surface area contributed by atoms with Gasteiger partial charge in [0.05, 0.1) is 12.1 Å². The van der Waals surface area contributed by atoms with Crippen molar-refractivity contribution in [2.24, 2.45) is 28.9 Å². The predicted molar refractivity (Wildman–Crippen MR) is 123 cm³/mol. The number of nitrogens with zero attached hydrogens (tertiary/aromatic N) is 1. The highest BCUT2D eigenvalue weighted by atomic mass is 16.2. The number of ketones is 1. The van der Waals surface area contributed by atoms with Crippen molar-refractivity contribution in [1.82, 2.24) is 15.5 Å². The Morgan fingerprint density at radius 1 is 1.16 bits per heavy atom. The molecule has 4 atom stereocenters. The lowest BCUT2D eigenvalue weighted by atomic mass is 9.85. The molecule has 2 fully saturated rings. The van der Waals surface area contributed by atoms with E-state index in [9.17, 15) is 19.2 Å². The van der Waals surface area contributed by atoms with Gasteiger partial charge in [-0.25, -0.2) is 0 Å². The van der Waals surface area contributed by atoms with Crippen molar-refractivity contribution in [3.05, 3.63) is 12.7 Å². The molecule has 1 aliphatic heterocycles. The maximum absolute atomic E-state index is 13.5. The van der Waals surface area contributed by atoms with Gasteiger partial charge in [-0.3, -0.25) is 19.2 Å². The normalized spacial score (nSPS) is 22.9. The quantitative estimate of drug-likeness (QED) is 0.344. The minimum atomic E-state index is -0.901. The van der Waals surface area contributed by atoms with Gasteiger partial charge in [0.25, 0.3) is 5.91 Å². The first kappa shape index (κ1) is 26.0. The second-order valence-electron chi connectivity index (χ2n) is 10.6. The summed E-state index contributed by atoms with van der Waals surface area (Å²) in [5, 5.41) is 5.32. The van der Waals surface area contributed by atoms with Crippen LogP contribution in [0.25, 0.3) is 0 Å². The van der Waals surface area contributed by atoms with Crippen molar-refractivity contribution in [3.8, 4) is 0 Å². The summed E-state index contributed by atoms with van der Waals surface area (Å²) in [5.74, 6) is -1.57. The van der Waals surface area contributed by atoms with Gasteiger partial charge in [0.15, 0.2) is 0 Å². The number of carbonyl (C=O) groups is 4. The number of nitrogens with one attached hydrogen (secondary N) is 2. The van der Waals surface area contributed by atoms with E-state index in [1.54, 1.807) is 4.90 Å². The first-order valence-electron chi connectivity index (χ1n) is 11.7. The molecule has 8 heteroatoms. The molecule has 0 radical (unpaired) electrons. The maximum atomic E-state index is 13.5. The molecule has 180 valence electrons. The molecule has 0 aromatic heterocycles. The number of Topliss-reactive ketones (excluding diaryl/α,β-unsaturated/α-hetero) is 1. The number of rotatable bonds is 10. The van der Waals surface area contributed by atoms with Crippen LogP contribution in [0.1, 0.15) is 60.3 Å². The molecule has 4 N–H and O–H groups in total. The van der Waals surface area contributed by atoms with Crippen molar-refractivity contribution in [2.75, 3.05) is 13.1 Å². The SMILES string of the molecule is C=CCNC(=O)C(=O)C(CC1CC1)NC(=O)[C@@H]1C(C(C)C)CCN1C(=O)[C@@H](N)C(C)(C)C. The van der Waals surface area contributed by atoms with E-state index in [1.165, 1.54) is 6.08 Å². The molecule has 0 spiro atoms. The molecule has 32 heavy (non-hydrogen) atoms. The van der Waals surface area contributed by atoms with Crippen molar-refractivity contribution >= 4 is 23.5 Å². The van der Waals surface area contributed by atoms with Gasteiger partial charge in [-0.15, -0.1) is 6.58 Å². The van der Waals surface area contributed by atoms with Gasteiger partial charge < -0.3 is 21.3 Å². The van der Waals surface area contributed by atoms with Crippen LogP contribution < -0.4 is 16.4 Å². The van der Waals surface area contributed by atoms with Crippen LogP contribution in [-0.4, -0.2) is 59.6 Å². The lowest BCUT2D eigenvalue weighted by Gasteiger charge is -2.35. The van der Waals surface area contributed by atoms with Crippen LogP contribution >= 0.6 is 0 Å². The van der Waals surface area contributed by atoms with Gasteiger partial charge in [0, 0.05) is 13.1 Å². The van der Waals surface area contributed by atoms with Crippen molar-refractivity contribution < 1.29 is 19.2 Å². The van der Waals surface area contributed by atoms with Crippen molar-refractivity contribution in [3.63, 3.8) is 0 Å². The number of amides is 3. The largest absolute Gasteiger partial charge is 0.346 e. The first-order chi connectivity index (χ1) is 14.9. The zero-order valence-electron chi connectivity index (χ0n) is 20.1. The van der Waals surface area contributed by atoms with Crippen LogP contribution in [0, 0.1) is 23.2 Å². The van der Waals surface area contributed by atoms with Crippen LogP contribution in [0.15, 0.2) is 12.7 Å². The fourth-order valence-electron chi connectivity index (χ4n) is 4.23. The maximum Gasteiger partial charge on any atom is 0.289 e. The van der Waals surface area contributed by atoms with E-state index in [4.69, 9.17) is 5.73 Å². The highest BCUT2D eigenvalue weighted by Crippen LogP contribution is 2.35. The molecule has 1 heterocycles. The average molecular weight is 449 g/mol. The molecule has 0 bridgehead atoms. The van der Waals surface area contributed by atoms with E-state index in [1.807, 2.05) is 34.6 Å². The summed E-state index contributed by atoms with van der Waals surface area (Å²) >= 11 is 0. The fourth-order valence-corrected chi connectivity index (χ4v) is 4.23. The Hall–Kier alpha value is -2.22. The number of hydrogen-bond acceptors (Lipinski definition) is 5. The van der Waals surface area contributed by atoms with Gasteiger partial charge in [-0.1, -0.05) is 53.5 Å². The van der Waals surface area contributed by atoms with E-state index in [0.717, 1.165) is 12.8 Å². The number of likely N-dealkylation sites (tertiary alicyclic amines) is 1. The van der Waals surface area contributed by atoms with E-state index in [-0.39, 0.29) is 30.2 Å². The standard InChI is InChI=1S/C24H40N4O4/c1-7-11-26-22(31)19(29)17(13-15-8-9-15)27-21(30)18-16(14(2)3)10-12-28(18)23(32)20(25)24(4,5)6/h7,14-18,20H,1,8-13,25H2,2-6H3,(H,26,31)(H,27,30)/t16?,17?,18-,20+/m0/s1. The Balaban J connectivity index is 2.23. The topological polar surface area (TPSA) is 122 Å². The van der Waals surface area contributed by atoms with E-state index in [0.29, 0.717) is 25.3 Å². The first-order valence-corrected chi connectivity index (χ1v) is 11.7. The van der Waals surface area contributed by atoms with Crippen LogP contribution in [0.4, 0.5) is 0 Å². The third kappa shape index (κ3) is 6.40. The van der Waals surface area contributed by atoms with Gasteiger partial charge in [0.2, 0.25) is 17.6 Å². The summed E-state index contributed by atoms with van der Waals surface area (Å²) in [6, 6.07) is -2.35. The van der Waals surface area contributed by atoms with E-state index >= 15 is 0 Å². The summed E-state index contributed by atoms with van der Waals surface area (Å²) in [6.45, 7) is 13.9. The summed E-state index contributed by atoms with van der Waals surface area (Å²) < 4.78 is 0. The lowest BCUT2D eigenvalue weighted by Crippen LogP contribution is -2.58. The second-order valence-corrected chi connectivity index (χ2v) is 10.6. The minimum absolute atomic E-state index is 0.0441. The zero-order valence-corrected chi connectivity index (χ0v) is 20.1. The van der Waals surface area contributed by atoms with Gasteiger partial charge >= 0.3 is 0 Å². The predicted octanol–water partition coefficient (Wildman–Crippen LogP) is 1.39. The van der Waals surface area contributed by atoms with Crippen molar-refractivity contribution in [1.29, 1.82) is 0 Å². The second kappa shape index (κ2) is 10.6. The molecule has 3 amide bonds. The molecule has 0 aromatic carbocycles. The molecule has 0 aromatic rings. The Morgan fingerprint density at radius 3 is 2.28 bits per heavy atom. The third-order valence-electron chi connectivity index (χ3n) is 6.58. The Labute approximate surface area is 191 Å². The lowest BCUT2D eigenvalue weighted by molar-refractivity contribution is -0.144. The monoisotopic (exact) mass is 448 g/mol. The van der Waals surface area contributed by atoms with E-state index < -0.39 is 35.2 Å². The number of carbonyl (C=O) groups excluding carboxylic acids is 4. The van der Waals surface area contributed by atoms with Crippen LogP contribution in [0.2, 0.25) is 0 Å². The Morgan fingerprint density at radius 2 is 1.78 bits per heavy atom. The summed E-state index contributed by atoms with van der Waals surface area (Å²) in [6.07, 6.45) is 4.58. The molecule has 1 saturated heterocycles. The van der Waals surface area contributed by atoms with Gasteiger partial charge in [0.1, 0.15) is 6.04 Å². The molecule has 1 saturated carbocycles. The smallest absolute Gasteiger partial charge is 0.289 e. The molecule has 1 aliphatic carbocycles. The molecule has 2 unspecified atom stereocenters. The summed E-state index contributed by atoms with van der Waals surface area (Å²) in [5.41, 5.74) is 5.79. The summed E-state index contributed by atoms with van der Waals surface area (Å²) in [4.78, 5) is 53.2. The minimum Gasteiger partial charge on any atom is -0.346 e. The van der Waals surface area contributed by atoms with Gasteiger partial charge in [-0.05, 0) is 36.0 Å². The highest BCUT2D eigenvalue weighted by Gasteiger charge is 2.46. The summed E-state index contributed by atoms with van der Waals surface area (Å²) in [7, 11) is 0. The van der Waals surface area contributed by atoms with E-state index in [2.05, 4.69) is 17.2 Å². The number of nitrogens with two attached hydrogens (primary N) is 1.